The number of ether oxygens (including phenoxy) is 2. The van der Waals surface area contributed by atoms with E-state index in [1.54, 1.807) is 6.07 Å². The monoisotopic (exact) mass is 467 g/mol. The molecule has 2 saturated carbocycles. The highest BCUT2D eigenvalue weighted by Crippen LogP contribution is 2.33. The van der Waals surface area contributed by atoms with Gasteiger partial charge in [0.15, 0.2) is 5.78 Å². The van der Waals surface area contributed by atoms with E-state index in [1.807, 2.05) is 30.3 Å². The van der Waals surface area contributed by atoms with E-state index in [0.29, 0.717) is 24.8 Å². The first-order chi connectivity index (χ1) is 16.3. The standard InChI is InChI=1S/C27H37N3O4/c1-27(2,3)18-34-25-15-22(26(32)20-13-14-20)29-30(25)16-24(31)28-21-11-7-8-12-23(21)33-17-19-9-5-4-6-10-19/h4-6,9-10,15,20-21,23H,7-8,11-14,16-18H2,1-3H3,(H,28,31)/t21-,23-/m0/s1. The van der Waals surface area contributed by atoms with E-state index in [1.165, 1.54) is 4.68 Å². The Morgan fingerprint density at radius 3 is 2.53 bits per heavy atom. The minimum Gasteiger partial charge on any atom is -0.477 e. The SMILES string of the molecule is CC(C)(C)COc1cc(C(=O)C2CC2)nn1CC(=O)N[C@H]1CCCC[C@@H]1OCc1ccccc1. The average molecular weight is 468 g/mol. The predicted molar refractivity (Wildman–Crippen MR) is 130 cm³/mol. The normalized spacial score (nSPS) is 20.7. The van der Waals surface area contributed by atoms with Crippen LogP contribution in [0.2, 0.25) is 0 Å². The second-order valence-corrected chi connectivity index (χ2v) is 10.8. The van der Waals surface area contributed by atoms with E-state index >= 15 is 0 Å². The van der Waals surface area contributed by atoms with Crippen molar-refractivity contribution in [2.45, 2.75) is 84.6 Å². The van der Waals surface area contributed by atoms with Gasteiger partial charge < -0.3 is 14.8 Å². The van der Waals surface area contributed by atoms with Gasteiger partial charge in [-0.1, -0.05) is 63.9 Å². The molecule has 2 aromatic rings. The van der Waals surface area contributed by atoms with E-state index in [0.717, 1.165) is 44.1 Å². The van der Waals surface area contributed by atoms with Gasteiger partial charge in [-0.3, -0.25) is 9.59 Å². The third-order valence-electron chi connectivity index (χ3n) is 6.25. The van der Waals surface area contributed by atoms with Gasteiger partial charge in [-0.15, -0.1) is 0 Å². The lowest BCUT2D eigenvalue weighted by Crippen LogP contribution is -2.47. The molecular formula is C27H37N3O4. The first-order valence-electron chi connectivity index (χ1n) is 12.5. The van der Waals surface area contributed by atoms with Crippen LogP contribution in [-0.2, 0) is 22.7 Å². The summed E-state index contributed by atoms with van der Waals surface area (Å²) in [5.41, 5.74) is 1.47. The Bertz CT molecular complexity index is 976. The summed E-state index contributed by atoms with van der Waals surface area (Å²) < 4.78 is 13.7. The zero-order valence-corrected chi connectivity index (χ0v) is 20.6. The number of ketones is 1. The molecule has 0 radical (unpaired) electrons. The second kappa shape index (κ2) is 10.7. The molecule has 2 fully saturated rings. The molecule has 2 aliphatic carbocycles. The molecule has 184 valence electrons. The molecule has 1 N–H and O–H groups in total. The van der Waals surface area contributed by atoms with Crippen molar-refractivity contribution in [1.82, 2.24) is 15.1 Å². The van der Waals surface area contributed by atoms with Gasteiger partial charge in [0.1, 0.15) is 12.2 Å². The van der Waals surface area contributed by atoms with Crippen molar-refractivity contribution in [3.8, 4) is 5.88 Å². The van der Waals surface area contributed by atoms with Crippen molar-refractivity contribution in [2.75, 3.05) is 6.61 Å². The molecule has 0 bridgehead atoms. The fraction of sp³-hybridized carbons (Fsp3) is 0.593. The minimum atomic E-state index is -0.144. The lowest BCUT2D eigenvalue weighted by molar-refractivity contribution is -0.124. The molecule has 7 heteroatoms. The van der Waals surface area contributed by atoms with Gasteiger partial charge in [0, 0.05) is 12.0 Å². The Kier molecular flexibility index (Phi) is 7.71. The van der Waals surface area contributed by atoms with Gasteiger partial charge in [0.25, 0.3) is 0 Å². The van der Waals surface area contributed by atoms with Crippen molar-refractivity contribution >= 4 is 11.7 Å². The molecule has 0 saturated heterocycles. The van der Waals surface area contributed by atoms with E-state index in [2.05, 4.69) is 31.2 Å². The van der Waals surface area contributed by atoms with Crippen molar-refractivity contribution in [1.29, 1.82) is 0 Å². The summed E-state index contributed by atoms with van der Waals surface area (Å²) in [5.74, 6) is 0.433. The highest BCUT2D eigenvalue weighted by Gasteiger charge is 2.33. The fourth-order valence-electron chi connectivity index (χ4n) is 4.22. The van der Waals surface area contributed by atoms with Gasteiger partial charge >= 0.3 is 0 Å². The molecule has 1 aromatic heterocycles. The Labute approximate surface area is 202 Å². The third kappa shape index (κ3) is 6.92. The number of Topliss-reactive ketones (excluding diaryl/α,β-unsaturated/α-hetero) is 1. The van der Waals surface area contributed by atoms with Gasteiger partial charge in [-0.2, -0.15) is 5.10 Å². The summed E-state index contributed by atoms with van der Waals surface area (Å²) in [6.45, 7) is 7.25. The molecule has 34 heavy (non-hydrogen) atoms. The van der Waals surface area contributed by atoms with Gasteiger partial charge in [-0.25, -0.2) is 4.68 Å². The molecule has 0 unspecified atom stereocenters. The first kappa shape index (κ1) is 24.5. The van der Waals surface area contributed by atoms with Crippen molar-refractivity contribution in [3.63, 3.8) is 0 Å². The highest BCUT2D eigenvalue weighted by atomic mass is 16.5. The van der Waals surface area contributed by atoms with E-state index in [-0.39, 0.29) is 41.7 Å². The molecule has 4 rings (SSSR count). The topological polar surface area (TPSA) is 82.5 Å². The molecule has 2 atom stereocenters. The molecule has 1 heterocycles. The third-order valence-corrected chi connectivity index (χ3v) is 6.25. The Balaban J connectivity index is 1.39. The van der Waals surface area contributed by atoms with Crippen molar-refractivity contribution < 1.29 is 19.1 Å². The van der Waals surface area contributed by atoms with Crippen LogP contribution in [0.5, 0.6) is 5.88 Å². The van der Waals surface area contributed by atoms with Crippen LogP contribution < -0.4 is 10.1 Å². The van der Waals surface area contributed by atoms with Crippen molar-refractivity contribution in [2.24, 2.45) is 11.3 Å². The zero-order chi connectivity index (χ0) is 24.1. The Morgan fingerprint density at radius 1 is 1.09 bits per heavy atom. The smallest absolute Gasteiger partial charge is 0.242 e. The number of nitrogens with one attached hydrogen (secondary N) is 1. The second-order valence-electron chi connectivity index (χ2n) is 10.8. The minimum absolute atomic E-state index is 0.0132. The predicted octanol–water partition coefficient (Wildman–Crippen LogP) is 4.54. The Morgan fingerprint density at radius 2 is 1.82 bits per heavy atom. The number of hydrogen-bond acceptors (Lipinski definition) is 5. The summed E-state index contributed by atoms with van der Waals surface area (Å²) in [7, 11) is 0. The van der Waals surface area contributed by atoms with Crippen LogP contribution in [-0.4, -0.2) is 40.2 Å². The fourth-order valence-corrected chi connectivity index (χ4v) is 4.22. The number of carbonyl (C=O) groups is 2. The summed E-state index contributed by atoms with van der Waals surface area (Å²) in [6, 6.07) is 11.8. The summed E-state index contributed by atoms with van der Waals surface area (Å²) in [6.07, 6.45) is 5.80. The summed E-state index contributed by atoms with van der Waals surface area (Å²) >= 11 is 0. The molecule has 0 spiro atoms. The maximum Gasteiger partial charge on any atom is 0.242 e. The number of amides is 1. The number of aromatic nitrogens is 2. The molecule has 1 aromatic carbocycles. The summed E-state index contributed by atoms with van der Waals surface area (Å²) in [4.78, 5) is 25.6. The number of rotatable bonds is 10. The van der Waals surface area contributed by atoms with Crippen LogP contribution in [0, 0.1) is 11.3 Å². The van der Waals surface area contributed by atoms with E-state index in [9.17, 15) is 9.59 Å². The molecule has 7 nitrogen and oxygen atoms in total. The largest absolute Gasteiger partial charge is 0.477 e. The van der Waals surface area contributed by atoms with Gasteiger partial charge in [0.2, 0.25) is 11.8 Å². The van der Waals surface area contributed by atoms with E-state index in [4.69, 9.17) is 9.47 Å². The zero-order valence-electron chi connectivity index (χ0n) is 20.6. The molecule has 0 aliphatic heterocycles. The van der Waals surface area contributed by atoms with Crippen LogP contribution in [0.1, 0.15) is 75.3 Å². The lowest BCUT2D eigenvalue weighted by atomic mass is 9.92. The molecule has 1 amide bonds. The lowest BCUT2D eigenvalue weighted by Gasteiger charge is -2.32. The number of hydrogen-bond donors (Lipinski definition) is 1. The van der Waals surface area contributed by atoms with Gasteiger partial charge in [-0.05, 0) is 36.7 Å². The van der Waals surface area contributed by atoms with Crippen LogP contribution in [0.15, 0.2) is 36.4 Å². The highest BCUT2D eigenvalue weighted by molar-refractivity contribution is 5.97. The van der Waals surface area contributed by atoms with Crippen molar-refractivity contribution in [3.05, 3.63) is 47.7 Å². The number of nitrogens with zero attached hydrogens (tertiary/aromatic N) is 2. The number of benzene rings is 1. The average Bonchev–Trinajstić information content (AvgIpc) is 3.58. The van der Waals surface area contributed by atoms with E-state index < -0.39 is 0 Å². The van der Waals surface area contributed by atoms with Gasteiger partial charge in [0.05, 0.1) is 25.4 Å². The number of carbonyl (C=O) groups excluding carboxylic acids is 2. The summed E-state index contributed by atoms with van der Waals surface area (Å²) in [5, 5.41) is 7.61. The van der Waals surface area contributed by atoms with Crippen LogP contribution in [0.4, 0.5) is 0 Å². The van der Waals surface area contributed by atoms with Crippen LogP contribution in [0.25, 0.3) is 0 Å². The molecule has 2 aliphatic rings. The maximum atomic E-state index is 13.0. The first-order valence-corrected chi connectivity index (χ1v) is 12.5. The maximum absolute atomic E-state index is 13.0. The Hall–Kier alpha value is -2.67. The quantitative estimate of drug-likeness (QED) is 0.519. The van der Waals surface area contributed by atoms with Crippen LogP contribution in [0.3, 0.4) is 0 Å². The van der Waals surface area contributed by atoms with Crippen LogP contribution >= 0.6 is 0 Å². The molecular weight excluding hydrogens is 430 g/mol.